The van der Waals surface area contributed by atoms with E-state index in [0.717, 1.165) is 5.56 Å². The summed E-state index contributed by atoms with van der Waals surface area (Å²) in [6, 6.07) is 5.67. The van der Waals surface area contributed by atoms with E-state index in [1.165, 1.54) is 0 Å². The van der Waals surface area contributed by atoms with Gasteiger partial charge in [0.1, 0.15) is 28.6 Å². The average molecular weight is 481 g/mol. The van der Waals surface area contributed by atoms with Crippen LogP contribution < -0.4 is 5.56 Å². The Morgan fingerprint density at radius 2 is 2.15 bits per heavy atom. The lowest BCUT2D eigenvalue weighted by molar-refractivity contribution is -0.134. The molecule has 1 amide bonds. The maximum absolute atomic E-state index is 12.9. The maximum atomic E-state index is 12.9. The van der Waals surface area contributed by atoms with Crippen molar-refractivity contribution in [3.63, 3.8) is 0 Å². The fraction of sp³-hybridized carbons (Fsp3) is 0.450. The Morgan fingerprint density at radius 3 is 2.81 bits per heavy atom. The standard InChI is InChI=1S/C20H24IN3O3/c1-3-4-5-18(25)23-10-8-20(27-21,9-11-23)13-24-14-22-17-12-15(2)6-7-16(17)19(24)26/h3,6-7,12,14H,1,4-5,8-11,13H2,2H3. The van der Waals surface area contributed by atoms with Crippen molar-refractivity contribution in [2.45, 2.75) is 44.8 Å². The quantitative estimate of drug-likeness (QED) is 0.469. The third kappa shape index (κ3) is 4.40. The van der Waals surface area contributed by atoms with Crippen LogP contribution in [0.25, 0.3) is 10.9 Å². The molecule has 0 bridgehead atoms. The molecule has 0 aliphatic carbocycles. The monoisotopic (exact) mass is 481 g/mol. The number of piperidine rings is 1. The number of carbonyl (C=O) groups is 1. The molecule has 2 aromatic rings. The Labute approximate surface area is 172 Å². The van der Waals surface area contributed by atoms with Crippen LogP contribution in [0.1, 0.15) is 31.2 Å². The summed E-state index contributed by atoms with van der Waals surface area (Å²) >= 11 is 1.91. The zero-order chi connectivity index (χ0) is 19.4. The highest BCUT2D eigenvalue weighted by atomic mass is 127. The first-order chi connectivity index (χ1) is 13.0. The molecule has 7 heteroatoms. The summed E-state index contributed by atoms with van der Waals surface area (Å²) in [6.45, 7) is 7.34. The molecule has 144 valence electrons. The number of benzene rings is 1. The molecule has 0 radical (unpaired) electrons. The van der Waals surface area contributed by atoms with Gasteiger partial charge in [0.05, 0.1) is 23.8 Å². The van der Waals surface area contributed by atoms with E-state index in [9.17, 15) is 9.59 Å². The van der Waals surface area contributed by atoms with Gasteiger partial charge in [-0.05, 0) is 43.9 Å². The van der Waals surface area contributed by atoms with E-state index in [-0.39, 0.29) is 11.5 Å². The van der Waals surface area contributed by atoms with E-state index in [1.807, 2.05) is 53.0 Å². The summed E-state index contributed by atoms with van der Waals surface area (Å²) in [4.78, 5) is 31.4. The van der Waals surface area contributed by atoms with Crippen LogP contribution in [0.4, 0.5) is 0 Å². The van der Waals surface area contributed by atoms with Gasteiger partial charge in [-0.2, -0.15) is 0 Å². The molecule has 1 aromatic carbocycles. The Kier molecular flexibility index (Phi) is 6.31. The number of rotatable bonds is 6. The molecular formula is C20H24IN3O3. The molecule has 27 heavy (non-hydrogen) atoms. The van der Waals surface area contributed by atoms with Gasteiger partial charge in [0.2, 0.25) is 5.91 Å². The lowest BCUT2D eigenvalue weighted by Gasteiger charge is -2.40. The van der Waals surface area contributed by atoms with Gasteiger partial charge in [0.15, 0.2) is 0 Å². The van der Waals surface area contributed by atoms with Crippen LogP contribution in [0.3, 0.4) is 0 Å². The average Bonchev–Trinajstić information content (AvgIpc) is 2.68. The van der Waals surface area contributed by atoms with E-state index in [1.54, 1.807) is 17.0 Å². The fourth-order valence-corrected chi connectivity index (χ4v) is 4.08. The summed E-state index contributed by atoms with van der Waals surface area (Å²) in [7, 11) is 0. The van der Waals surface area contributed by atoms with E-state index in [0.29, 0.717) is 56.2 Å². The highest BCUT2D eigenvalue weighted by Crippen LogP contribution is 2.30. The van der Waals surface area contributed by atoms with Crippen molar-refractivity contribution < 1.29 is 7.86 Å². The van der Waals surface area contributed by atoms with Crippen LogP contribution in [0, 0.1) is 6.92 Å². The van der Waals surface area contributed by atoms with Gasteiger partial charge >= 0.3 is 0 Å². The summed E-state index contributed by atoms with van der Waals surface area (Å²) in [5.41, 5.74) is 1.26. The lowest BCUT2D eigenvalue weighted by atomic mass is 9.91. The van der Waals surface area contributed by atoms with Crippen molar-refractivity contribution >= 4 is 39.8 Å². The van der Waals surface area contributed by atoms with Crippen LogP contribution in [-0.4, -0.2) is 39.0 Å². The molecule has 0 spiro atoms. The van der Waals surface area contributed by atoms with E-state index in [4.69, 9.17) is 3.07 Å². The van der Waals surface area contributed by atoms with Gasteiger partial charge in [-0.15, -0.1) is 6.58 Å². The summed E-state index contributed by atoms with van der Waals surface area (Å²) in [5.74, 6) is 0.150. The number of aromatic nitrogens is 2. The first-order valence-corrected chi connectivity index (χ1v) is 10.0. The smallest absolute Gasteiger partial charge is 0.261 e. The molecule has 3 rings (SSSR count). The highest BCUT2D eigenvalue weighted by molar-refractivity contribution is 14.1. The van der Waals surface area contributed by atoms with Gasteiger partial charge in [-0.25, -0.2) is 4.98 Å². The normalized spacial score (nSPS) is 16.4. The Balaban J connectivity index is 1.76. The number of hydrogen-bond acceptors (Lipinski definition) is 4. The third-order valence-electron chi connectivity index (χ3n) is 5.19. The number of aryl methyl sites for hydroxylation is 1. The van der Waals surface area contributed by atoms with Crippen molar-refractivity contribution in [3.8, 4) is 0 Å². The second-order valence-electron chi connectivity index (χ2n) is 7.17. The SMILES string of the molecule is C=CCCC(=O)N1CCC(Cn2cnc3cc(C)ccc3c2=O)(OI)CC1. The molecule has 1 saturated heterocycles. The van der Waals surface area contributed by atoms with Crippen molar-refractivity contribution in [2.24, 2.45) is 0 Å². The molecule has 0 N–H and O–H groups in total. The number of nitrogens with zero attached hydrogens (tertiary/aromatic N) is 3. The first-order valence-electron chi connectivity index (χ1n) is 9.12. The fourth-order valence-electron chi connectivity index (χ4n) is 3.50. The van der Waals surface area contributed by atoms with Crippen LogP contribution in [0.15, 0.2) is 42.0 Å². The maximum Gasteiger partial charge on any atom is 0.261 e. The molecule has 2 heterocycles. The minimum absolute atomic E-state index is 0.0580. The summed E-state index contributed by atoms with van der Waals surface area (Å²) < 4.78 is 7.44. The van der Waals surface area contributed by atoms with Gasteiger partial charge in [0, 0.05) is 19.5 Å². The molecule has 0 unspecified atom stereocenters. The second-order valence-corrected chi connectivity index (χ2v) is 7.61. The Bertz CT molecular complexity index is 901. The van der Waals surface area contributed by atoms with Crippen molar-refractivity contribution in [3.05, 3.63) is 53.1 Å². The van der Waals surface area contributed by atoms with Crippen LogP contribution in [0.5, 0.6) is 0 Å². The Hall–Kier alpha value is -1.74. The predicted octanol–water partition coefficient (Wildman–Crippen LogP) is 3.40. The number of allylic oxidation sites excluding steroid dienone is 1. The van der Waals surface area contributed by atoms with Gasteiger partial charge in [-0.3, -0.25) is 14.2 Å². The number of carbonyl (C=O) groups excluding carboxylic acids is 1. The molecule has 1 aromatic heterocycles. The van der Waals surface area contributed by atoms with Crippen LogP contribution >= 0.6 is 23.0 Å². The topological polar surface area (TPSA) is 64.4 Å². The van der Waals surface area contributed by atoms with Crippen molar-refractivity contribution in [1.29, 1.82) is 0 Å². The van der Waals surface area contributed by atoms with Crippen LogP contribution in [0.2, 0.25) is 0 Å². The molecule has 1 aliphatic rings. The van der Waals surface area contributed by atoms with Gasteiger partial charge in [0.25, 0.3) is 5.56 Å². The number of likely N-dealkylation sites (tertiary alicyclic amines) is 1. The molecular weight excluding hydrogens is 457 g/mol. The highest BCUT2D eigenvalue weighted by Gasteiger charge is 2.37. The largest absolute Gasteiger partial charge is 0.342 e. The molecule has 6 nitrogen and oxygen atoms in total. The molecule has 0 saturated carbocycles. The Morgan fingerprint density at radius 1 is 1.41 bits per heavy atom. The van der Waals surface area contributed by atoms with E-state index in [2.05, 4.69) is 11.6 Å². The van der Waals surface area contributed by atoms with E-state index >= 15 is 0 Å². The number of hydrogen-bond donors (Lipinski definition) is 0. The minimum Gasteiger partial charge on any atom is -0.342 e. The lowest BCUT2D eigenvalue weighted by Crippen LogP contribution is -2.50. The van der Waals surface area contributed by atoms with Crippen molar-refractivity contribution in [1.82, 2.24) is 14.5 Å². The number of amides is 1. The van der Waals surface area contributed by atoms with Gasteiger partial charge in [-0.1, -0.05) is 12.1 Å². The zero-order valence-electron chi connectivity index (χ0n) is 15.5. The number of halogens is 1. The van der Waals surface area contributed by atoms with Crippen molar-refractivity contribution in [2.75, 3.05) is 13.1 Å². The minimum atomic E-state index is -0.473. The predicted molar refractivity (Wildman–Crippen MR) is 114 cm³/mol. The second kappa shape index (κ2) is 8.52. The number of fused-ring (bicyclic) bond motifs is 1. The molecule has 1 fully saturated rings. The third-order valence-corrected chi connectivity index (χ3v) is 6.13. The molecule has 0 atom stereocenters. The van der Waals surface area contributed by atoms with Crippen LogP contribution in [-0.2, 0) is 14.4 Å². The molecule has 1 aliphatic heterocycles. The van der Waals surface area contributed by atoms with Gasteiger partial charge < -0.3 is 7.97 Å². The zero-order valence-corrected chi connectivity index (χ0v) is 17.6. The first kappa shape index (κ1) is 20.0. The van der Waals surface area contributed by atoms with E-state index < -0.39 is 5.60 Å². The summed E-state index contributed by atoms with van der Waals surface area (Å²) in [5, 5.41) is 0.615. The summed E-state index contributed by atoms with van der Waals surface area (Å²) in [6.07, 6.45) is 5.93.